The smallest absolute Gasteiger partial charge is 0.325 e. The highest BCUT2D eigenvalue weighted by molar-refractivity contribution is 6.30. The number of aliphatic carboxylic acids is 1. The van der Waals surface area contributed by atoms with Crippen LogP contribution in [0.2, 0.25) is 5.02 Å². The van der Waals surface area contributed by atoms with E-state index < -0.39 is 11.5 Å². The standard InChI is InChI=1S/C16H14ClNO2/c17-12-8-6-11(7-9-12)14-13(16(14,18)15(19)20)10-4-2-1-3-5-10/h1-9,13-14H,18H2,(H,19,20)/t13-,14-,16+/m1/s1. The molecule has 0 aromatic heterocycles. The first-order valence-electron chi connectivity index (χ1n) is 6.38. The van der Waals surface area contributed by atoms with Crippen LogP contribution in [0.1, 0.15) is 23.0 Å². The molecule has 1 aliphatic carbocycles. The summed E-state index contributed by atoms with van der Waals surface area (Å²) in [6, 6.07) is 16.8. The lowest BCUT2D eigenvalue weighted by molar-refractivity contribution is -0.139. The molecule has 3 atom stereocenters. The SMILES string of the molecule is N[C@@]1(C(=O)O)[C@H](c2ccccc2)[C@H]1c1ccc(Cl)cc1. The molecule has 2 aromatic rings. The third kappa shape index (κ3) is 1.90. The second-order valence-corrected chi connectivity index (χ2v) is 5.59. The Labute approximate surface area is 122 Å². The number of carboxylic acid groups (broad SMARTS) is 1. The van der Waals surface area contributed by atoms with E-state index in [2.05, 4.69) is 0 Å². The van der Waals surface area contributed by atoms with E-state index >= 15 is 0 Å². The van der Waals surface area contributed by atoms with Gasteiger partial charge >= 0.3 is 5.97 Å². The molecule has 3 N–H and O–H groups in total. The highest BCUT2D eigenvalue weighted by Gasteiger charge is 2.68. The summed E-state index contributed by atoms with van der Waals surface area (Å²) in [5.74, 6) is -1.40. The van der Waals surface area contributed by atoms with E-state index in [-0.39, 0.29) is 11.8 Å². The normalized spacial score (nSPS) is 28.1. The topological polar surface area (TPSA) is 63.3 Å². The number of rotatable bonds is 3. The molecular formula is C16H14ClNO2. The monoisotopic (exact) mass is 287 g/mol. The van der Waals surface area contributed by atoms with Crippen molar-refractivity contribution in [3.05, 3.63) is 70.7 Å². The quantitative estimate of drug-likeness (QED) is 0.912. The van der Waals surface area contributed by atoms with Crippen LogP contribution in [-0.4, -0.2) is 16.6 Å². The van der Waals surface area contributed by atoms with Gasteiger partial charge in [-0.15, -0.1) is 0 Å². The fraction of sp³-hybridized carbons (Fsp3) is 0.188. The number of hydrogen-bond donors (Lipinski definition) is 2. The number of nitrogens with two attached hydrogens (primary N) is 1. The largest absolute Gasteiger partial charge is 0.480 e. The van der Waals surface area contributed by atoms with Crippen molar-refractivity contribution in [3.63, 3.8) is 0 Å². The third-order valence-corrected chi connectivity index (χ3v) is 4.26. The molecule has 0 aliphatic heterocycles. The lowest BCUT2D eigenvalue weighted by Gasteiger charge is -2.05. The van der Waals surface area contributed by atoms with Crippen molar-refractivity contribution in [1.82, 2.24) is 0 Å². The Hall–Kier alpha value is -1.84. The minimum Gasteiger partial charge on any atom is -0.480 e. The second kappa shape index (κ2) is 4.62. The number of carbonyl (C=O) groups is 1. The summed E-state index contributed by atoms with van der Waals surface area (Å²) in [6.45, 7) is 0. The minimum absolute atomic E-state index is 0.206. The van der Waals surface area contributed by atoms with Crippen molar-refractivity contribution >= 4 is 17.6 Å². The summed E-state index contributed by atoms with van der Waals surface area (Å²) in [6.07, 6.45) is 0. The van der Waals surface area contributed by atoms with E-state index in [4.69, 9.17) is 17.3 Å². The number of halogens is 1. The average molecular weight is 288 g/mol. The Balaban J connectivity index is 2.01. The maximum absolute atomic E-state index is 11.6. The zero-order valence-corrected chi connectivity index (χ0v) is 11.4. The predicted molar refractivity (Wildman–Crippen MR) is 77.9 cm³/mol. The van der Waals surface area contributed by atoms with Gasteiger partial charge in [-0.1, -0.05) is 54.1 Å². The summed E-state index contributed by atoms with van der Waals surface area (Å²) in [5.41, 5.74) is 6.77. The predicted octanol–water partition coefficient (Wildman–Crippen LogP) is 3.00. The van der Waals surface area contributed by atoms with Crippen LogP contribution in [0, 0.1) is 0 Å². The molecule has 3 rings (SSSR count). The van der Waals surface area contributed by atoms with Crippen molar-refractivity contribution in [3.8, 4) is 0 Å². The molecule has 0 saturated heterocycles. The van der Waals surface area contributed by atoms with Gasteiger partial charge in [0.2, 0.25) is 0 Å². The molecule has 3 nitrogen and oxygen atoms in total. The molecule has 1 aliphatic rings. The van der Waals surface area contributed by atoms with E-state index in [0.717, 1.165) is 11.1 Å². The molecular weight excluding hydrogens is 274 g/mol. The Morgan fingerprint density at radius 2 is 1.50 bits per heavy atom. The molecule has 2 aromatic carbocycles. The first-order chi connectivity index (χ1) is 9.55. The maximum atomic E-state index is 11.6. The molecule has 0 bridgehead atoms. The Kier molecular flexibility index (Phi) is 3.04. The van der Waals surface area contributed by atoms with Crippen molar-refractivity contribution in [2.24, 2.45) is 5.73 Å². The zero-order valence-electron chi connectivity index (χ0n) is 10.7. The second-order valence-electron chi connectivity index (χ2n) is 5.16. The van der Waals surface area contributed by atoms with E-state index in [1.807, 2.05) is 42.5 Å². The van der Waals surface area contributed by atoms with E-state index in [0.29, 0.717) is 5.02 Å². The van der Waals surface area contributed by atoms with Crippen LogP contribution in [0.3, 0.4) is 0 Å². The first kappa shape index (κ1) is 13.2. The van der Waals surface area contributed by atoms with Crippen LogP contribution in [-0.2, 0) is 4.79 Å². The molecule has 0 amide bonds. The lowest BCUT2D eigenvalue weighted by Crippen LogP contribution is -2.36. The average Bonchev–Trinajstić information content (AvgIpc) is 3.09. The Morgan fingerprint density at radius 3 is 2.00 bits per heavy atom. The summed E-state index contributed by atoms with van der Waals surface area (Å²) in [4.78, 5) is 11.6. The Bertz CT molecular complexity index is 641. The van der Waals surface area contributed by atoms with Gasteiger partial charge in [-0.05, 0) is 23.3 Å². The molecule has 20 heavy (non-hydrogen) atoms. The summed E-state index contributed by atoms with van der Waals surface area (Å²) < 4.78 is 0. The van der Waals surface area contributed by atoms with Gasteiger partial charge in [0.05, 0.1) is 0 Å². The van der Waals surface area contributed by atoms with Gasteiger partial charge in [0.1, 0.15) is 5.54 Å². The van der Waals surface area contributed by atoms with Crippen molar-refractivity contribution in [2.75, 3.05) is 0 Å². The van der Waals surface area contributed by atoms with Gasteiger partial charge in [-0.2, -0.15) is 0 Å². The summed E-state index contributed by atoms with van der Waals surface area (Å²) in [7, 11) is 0. The van der Waals surface area contributed by atoms with Crippen LogP contribution >= 0.6 is 11.6 Å². The number of hydrogen-bond acceptors (Lipinski definition) is 2. The highest BCUT2D eigenvalue weighted by atomic mass is 35.5. The number of benzene rings is 2. The van der Waals surface area contributed by atoms with Crippen LogP contribution in [0.15, 0.2) is 54.6 Å². The molecule has 4 heteroatoms. The van der Waals surface area contributed by atoms with Gasteiger partial charge in [0, 0.05) is 16.9 Å². The molecule has 0 spiro atoms. The fourth-order valence-electron chi connectivity index (χ4n) is 2.94. The Morgan fingerprint density at radius 1 is 1.00 bits per heavy atom. The van der Waals surface area contributed by atoms with Gasteiger partial charge in [-0.25, -0.2) is 0 Å². The van der Waals surface area contributed by atoms with Gasteiger partial charge in [-0.3, -0.25) is 4.79 Å². The maximum Gasteiger partial charge on any atom is 0.325 e. The molecule has 0 heterocycles. The van der Waals surface area contributed by atoms with Crippen LogP contribution < -0.4 is 5.73 Å². The summed E-state index contributed by atoms with van der Waals surface area (Å²) in [5, 5.41) is 10.1. The minimum atomic E-state index is -1.24. The zero-order chi connectivity index (χ0) is 14.3. The molecule has 0 radical (unpaired) electrons. The van der Waals surface area contributed by atoms with Gasteiger partial charge < -0.3 is 10.8 Å². The third-order valence-electron chi connectivity index (χ3n) is 4.01. The van der Waals surface area contributed by atoms with E-state index in [1.165, 1.54) is 0 Å². The van der Waals surface area contributed by atoms with E-state index in [1.54, 1.807) is 12.1 Å². The van der Waals surface area contributed by atoms with Crippen LogP contribution in [0.4, 0.5) is 0 Å². The molecule has 1 fully saturated rings. The van der Waals surface area contributed by atoms with Crippen LogP contribution in [0.5, 0.6) is 0 Å². The lowest BCUT2D eigenvalue weighted by atomic mass is 10.0. The van der Waals surface area contributed by atoms with Gasteiger partial charge in [0.25, 0.3) is 0 Å². The molecule has 1 saturated carbocycles. The molecule has 102 valence electrons. The first-order valence-corrected chi connectivity index (χ1v) is 6.75. The van der Waals surface area contributed by atoms with Crippen molar-refractivity contribution in [1.29, 1.82) is 0 Å². The van der Waals surface area contributed by atoms with Crippen LogP contribution in [0.25, 0.3) is 0 Å². The summed E-state index contributed by atoms with van der Waals surface area (Å²) >= 11 is 5.88. The van der Waals surface area contributed by atoms with Crippen molar-refractivity contribution in [2.45, 2.75) is 17.4 Å². The van der Waals surface area contributed by atoms with E-state index in [9.17, 15) is 9.90 Å². The molecule has 0 unspecified atom stereocenters. The number of carboxylic acids is 1. The van der Waals surface area contributed by atoms with Crippen molar-refractivity contribution < 1.29 is 9.90 Å². The fourth-order valence-corrected chi connectivity index (χ4v) is 3.07. The van der Waals surface area contributed by atoms with Gasteiger partial charge in [0.15, 0.2) is 0 Å². The highest BCUT2D eigenvalue weighted by Crippen LogP contribution is 2.62.